The van der Waals surface area contributed by atoms with Gasteiger partial charge in [0, 0.05) is 0 Å². The first-order valence-corrected chi connectivity index (χ1v) is 11.0. The van der Waals surface area contributed by atoms with Crippen molar-refractivity contribution < 1.29 is 18.1 Å². The molecule has 4 nitrogen and oxygen atoms in total. The molecule has 0 aromatic carbocycles. The highest BCUT2D eigenvalue weighted by Gasteiger charge is 2.31. The summed E-state index contributed by atoms with van der Waals surface area (Å²) in [6.07, 6.45) is 10.3. The van der Waals surface area contributed by atoms with Crippen LogP contribution in [0.5, 0.6) is 0 Å². The van der Waals surface area contributed by atoms with Crippen LogP contribution in [-0.4, -0.2) is 18.8 Å². The van der Waals surface area contributed by atoms with Crippen molar-refractivity contribution in [2.45, 2.75) is 111 Å². The molecule has 0 radical (unpaired) electrons. The molecule has 0 amide bonds. The summed E-state index contributed by atoms with van der Waals surface area (Å²) in [6, 6.07) is 0. The van der Waals surface area contributed by atoms with Gasteiger partial charge in [0.1, 0.15) is 0 Å². The quantitative estimate of drug-likeness (QED) is 0.225. The summed E-state index contributed by atoms with van der Waals surface area (Å²) in [7, 11) is -3.46. The van der Waals surface area contributed by atoms with Crippen LogP contribution in [0.25, 0.3) is 0 Å². The summed E-state index contributed by atoms with van der Waals surface area (Å²) in [4.78, 5) is 0. The van der Waals surface area contributed by atoms with Crippen molar-refractivity contribution in [2.24, 2.45) is 0 Å². The van der Waals surface area contributed by atoms with Crippen molar-refractivity contribution in [1.82, 2.24) is 0 Å². The molecule has 2 unspecified atom stereocenters. The number of phosphoric ester groups is 1. The maximum Gasteiger partial charge on any atom is 0.475 e. The van der Waals surface area contributed by atoms with Gasteiger partial charge in [-0.3, -0.25) is 13.6 Å². The summed E-state index contributed by atoms with van der Waals surface area (Å²) < 4.78 is 29.9. The van der Waals surface area contributed by atoms with E-state index in [9.17, 15) is 4.57 Å². The molecule has 0 aliphatic heterocycles. The van der Waals surface area contributed by atoms with Crippen LogP contribution in [0.3, 0.4) is 0 Å². The zero-order chi connectivity index (χ0) is 17.6. The van der Waals surface area contributed by atoms with E-state index >= 15 is 0 Å². The monoisotopic (exact) mass is 350 g/mol. The summed E-state index contributed by atoms with van der Waals surface area (Å²) in [5, 5.41) is 0. The number of hydrogen-bond acceptors (Lipinski definition) is 4. The van der Waals surface area contributed by atoms with Gasteiger partial charge in [0.2, 0.25) is 0 Å². The van der Waals surface area contributed by atoms with Gasteiger partial charge in [-0.1, -0.05) is 65.7 Å². The molecule has 0 bridgehead atoms. The van der Waals surface area contributed by atoms with Crippen LogP contribution in [-0.2, 0) is 18.1 Å². The Bertz CT molecular complexity index is 287. The van der Waals surface area contributed by atoms with E-state index in [-0.39, 0.29) is 12.2 Å². The van der Waals surface area contributed by atoms with Crippen molar-refractivity contribution in [3.05, 3.63) is 0 Å². The van der Waals surface area contributed by atoms with Crippen LogP contribution in [0.2, 0.25) is 0 Å². The highest BCUT2D eigenvalue weighted by atomic mass is 31.2. The molecule has 0 heterocycles. The van der Waals surface area contributed by atoms with E-state index in [2.05, 4.69) is 20.8 Å². The maximum atomic E-state index is 12.9. The second kappa shape index (κ2) is 14.5. The molecule has 0 aliphatic carbocycles. The zero-order valence-electron chi connectivity index (χ0n) is 16.0. The lowest BCUT2D eigenvalue weighted by Crippen LogP contribution is -2.14. The fourth-order valence-corrected chi connectivity index (χ4v) is 3.93. The molecular formula is C18H39O4P. The van der Waals surface area contributed by atoms with Gasteiger partial charge < -0.3 is 0 Å². The SMILES string of the molecule is CCCCCC(C)OP(=O)(OCCCC)OC(C)CCCCC. The Morgan fingerprint density at radius 1 is 0.739 bits per heavy atom. The Morgan fingerprint density at radius 2 is 1.17 bits per heavy atom. The second-order valence-corrected chi connectivity index (χ2v) is 8.03. The molecule has 0 saturated carbocycles. The first-order chi connectivity index (χ1) is 11.0. The van der Waals surface area contributed by atoms with E-state index in [1.54, 1.807) is 0 Å². The van der Waals surface area contributed by atoms with Gasteiger partial charge in [-0.2, -0.15) is 0 Å². The van der Waals surface area contributed by atoms with Crippen molar-refractivity contribution in [3.8, 4) is 0 Å². The molecule has 2 atom stereocenters. The second-order valence-electron chi connectivity index (χ2n) is 6.46. The lowest BCUT2D eigenvalue weighted by atomic mass is 10.1. The third-order valence-electron chi connectivity index (χ3n) is 3.79. The fraction of sp³-hybridized carbons (Fsp3) is 1.00. The average molecular weight is 350 g/mol. The van der Waals surface area contributed by atoms with Gasteiger partial charge in [0.15, 0.2) is 0 Å². The average Bonchev–Trinajstić information content (AvgIpc) is 2.47. The molecule has 23 heavy (non-hydrogen) atoms. The molecule has 0 N–H and O–H groups in total. The number of phosphoric acid groups is 1. The smallest absolute Gasteiger partial charge is 0.287 e. The van der Waals surface area contributed by atoms with Gasteiger partial charge in [0.25, 0.3) is 0 Å². The lowest BCUT2D eigenvalue weighted by molar-refractivity contribution is 0.0553. The molecule has 0 fully saturated rings. The summed E-state index contributed by atoms with van der Waals surface area (Å²) in [5.74, 6) is 0. The summed E-state index contributed by atoms with van der Waals surface area (Å²) in [6.45, 7) is 10.8. The van der Waals surface area contributed by atoms with Crippen LogP contribution in [0, 0.1) is 0 Å². The molecular weight excluding hydrogens is 311 g/mol. The number of unbranched alkanes of at least 4 members (excludes halogenated alkanes) is 5. The molecule has 140 valence electrons. The Balaban J connectivity index is 4.45. The van der Waals surface area contributed by atoms with Crippen LogP contribution in [0.4, 0.5) is 0 Å². The Kier molecular flexibility index (Phi) is 14.5. The fourth-order valence-electron chi connectivity index (χ4n) is 2.32. The number of rotatable bonds is 16. The van der Waals surface area contributed by atoms with E-state index in [0.29, 0.717) is 6.61 Å². The minimum Gasteiger partial charge on any atom is -0.287 e. The lowest BCUT2D eigenvalue weighted by Gasteiger charge is -2.24. The summed E-state index contributed by atoms with van der Waals surface area (Å²) >= 11 is 0. The molecule has 0 spiro atoms. The molecule has 0 aromatic rings. The first kappa shape index (κ1) is 23.1. The van der Waals surface area contributed by atoms with Crippen LogP contribution in [0.15, 0.2) is 0 Å². The van der Waals surface area contributed by atoms with Gasteiger partial charge in [0.05, 0.1) is 18.8 Å². The third-order valence-corrected chi connectivity index (χ3v) is 5.53. The van der Waals surface area contributed by atoms with Crippen molar-refractivity contribution in [3.63, 3.8) is 0 Å². The first-order valence-electron chi connectivity index (χ1n) is 9.58. The van der Waals surface area contributed by atoms with E-state index in [4.69, 9.17) is 13.6 Å². The van der Waals surface area contributed by atoms with Gasteiger partial charge in [-0.05, 0) is 33.1 Å². The standard InChI is InChI=1S/C18H39O4P/c1-6-9-12-14-17(4)21-23(19,20-16-11-8-3)22-18(5)15-13-10-7-2/h17-18H,6-16H2,1-5H3. The minimum absolute atomic E-state index is 0.100. The van der Waals surface area contributed by atoms with Gasteiger partial charge >= 0.3 is 7.82 Å². The molecule has 0 aliphatic rings. The Labute approximate surface area is 144 Å². The minimum atomic E-state index is -3.46. The van der Waals surface area contributed by atoms with Crippen LogP contribution >= 0.6 is 7.82 Å². The van der Waals surface area contributed by atoms with Gasteiger partial charge in [-0.15, -0.1) is 0 Å². The maximum absolute atomic E-state index is 12.9. The summed E-state index contributed by atoms with van der Waals surface area (Å²) in [5.41, 5.74) is 0. The predicted molar refractivity (Wildman–Crippen MR) is 97.8 cm³/mol. The van der Waals surface area contributed by atoms with Crippen molar-refractivity contribution >= 4 is 7.82 Å². The third kappa shape index (κ3) is 13.1. The van der Waals surface area contributed by atoms with E-state index in [1.165, 1.54) is 25.7 Å². The Morgan fingerprint density at radius 3 is 1.57 bits per heavy atom. The van der Waals surface area contributed by atoms with Crippen molar-refractivity contribution in [2.75, 3.05) is 6.61 Å². The normalized spacial score (nSPS) is 16.9. The molecule has 0 rings (SSSR count). The predicted octanol–water partition coefficient (Wildman–Crippen LogP) is 6.88. The topological polar surface area (TPSA) is 44.8 Å². The van der Waals surface area contributed by atoms with E-state index < -0.39 is 7.82 Å². The number of hydrogen-bond donors (Lipinski definition) is 0. The largest absolute Gasteiger partial charge is 0.475 e. The Hall–Kier alpha value is 0.110. The molecule has 0 saturated heterocycles. The van der Waals surface area contributed by atoms with Crippen LogP contribution in [0.1, 0.15) is 98.8 Å². The molecule has 5 heteroatoms. The van der Waals surface area contributed by atoms with Gasteiger partial charge in [-0.25, -0.2) is 4.57 Å². The van der Waals surface area contributed by atoms with E-state index in [1.807, 2.05) is 13.8 Å². The van der Waals surface area contributed by atoms with Crippen molar-refractivity contribution in [1.29, 1.82) is 0 Å². The zero-order valence-corrected chi connectivity index (χ0v) is 16.9. The van der Waals surface area contributed by atoms with E-state index in [0.717, 1.165) is 38.5 Å². The highest BCUT2D eigenvalue weighted by Crippen LogP contribution is 2.52. The highest BCUT2D eigenvalue weighted by molar-refractivity contribution is 7.48. The van der Waals surface area contributed by atoms with Crippen LogP contribution < -0.4 is 0 Å². The molecule has 0 aromatic heterocycles.